The van der Waals surface area contributed by atoms with Crippen molar-refractivity contribution in [2.45, 2.75) is 38.8 Å². The van der Waals surface area contributed by atoms with Crippen LogP contribution in [0.2, 0.25) is 0 Å². The molecule has 1 atom stereocenters. The van der Waals surface area contributed by atoms with Crippen molar-refractivity contribution >= 4 is 33.4 Å². The molecule has 1 N–H and O–H groups in total. The molecule has 1 saturated heterocycles. The van der Waals surface area contributed by atoms with Crippen molar-refractivity contribution in [3.8, 4) is 0 Å². The van der Waals surface area contributed by atoms with E-state index in [2.05, 4.69) is 10.2 Å². The number of nitrogens with zero attached hydrogens (tertiary/aromatic N) is 3. The van der Waals surface area contributed by atoms with Crippen LogP contribution in [0, 0.1) is 5.82 Å². The number of hydrogen-bond acceptors (Lipinski definition) is 5. The van der Waals surface area contributed by atoms with Gasteiger partial charge in [-0.1, -0.05) is 12.1 Å². The smallest absolute Gasteiger partial charge is 0.273 e. The van der Waals surface area contributed by atoms with Crippen LogP contribution in [0.25, 0.3) is 10.2 Å². The highest BCUT2D eigenvalue weighted by molar-refractivity contribution is 7.17. The Kier molecular flexibility index (Phi) is 5.62. The van der Waals surface area contributed by atoms with E-state index in [0.717, 1.165) is 37.9 Å². The van der Waals surface area contributed by atoms with Crippen LogP contribution in [-0.4, -0.2) is 28.5 Å². The van der Waals surface area contributed by atoms with Crippen LogP contribution < -0.4 is 15.8 Å². The van der Waals surface area contributed by atoms with Crippen molar-refractivity contribution in [2.75, 3.05) is 18.0 Å². The Hall–Kier alpha value is -2.74. The molecular weight excluding hydrogens is 391 g/mol. The highest BCUT2D eigenvalue weighted by Gasteiger charge is 2.21. The highest BCUT2D eigenvalue weighted by Crippen LogP contribution is 2.22. The third-order valence-corrected chi connectivity index (χ3v) is 6.13. The van der Waals surface area contributed by atoms with E-state index in [1.54, 1.807) is 12.1 Å². The fourth-order valence-corrected chi connectivity index (χ4v) is 4.45. The van der Waals surface area contributed by atoms with Crippen molar-refractivity contribution < 1.29 is 9.18 Å². The number of piperidine rings is 1. The number of benzene rings is 1. The molecule has 0 spiro atoms. The summed E-state index contributed by atoms with van der Waals surface area (Å²) in [4.78, 5) is 32.6. The van der Waals surface area contributed by atoms with Gasteiger partial charge in [-0.25, -0.2) is 9.37 Å². The van der Waals surface area contributed by atoms with Crippen LogP contribution in [0.3, 0.4) is 0 Å². The van der Waals surface area contributed by atoms with Crippen LogP contribution in [0.15, 0.2) is 40.5 Å². The van der Waals surface area contributed by atoms with Gasteiger partial charge in [0.05, 0.1) is 11.6 Å². The first kappa shape index (κ1) is 19.6. The van der Waals surface area contributed by atoms with Crippen LogP contribution in [0.1, 0.15) is 37.8 Å². The molecule has 1 aromatic carbocycles. The number of anilines is 1. The van der Waals surface area contributed by atoms with Crippen molar-refractivity contribution in [3.63, 3.8) is 0 Å². The van der Waals surface area contributed by atoms with Gasteiger partial charge in [0.25, 0.3) is 5.56 Å². The SMILES string of the molecule is CC(NC(=O)Cn1c(N2CCCCC2)nc2ccsc2c1=O)c1ccc(F)cc1. The molecule has 1 fully saturated rings. The summed E-state index contributed by atoms with van der Waals surface area (Å²) in [7, 11) is 0. The standard InChI is InChI=1S/C21H23FN4O2S/c1-14(15-5-7-16(22)8-6-15)23-18(27)13-26-20(28)19-17(9-12-29-19)24-21(26)25-10-3-2-4-11-25/h5-9,12,14H,2-4,10-11,13H2,1H3,(H,23,27). The average molecular weight is 415 g/mol. The van der Waals surface area contributed by atoms with Gasteiger partial charge in [-0.3, -0.25) is 14.2 Å². The van der Waals surface area contributed by atoms with Gasteiger partial charge >= 0.3 is 0 Å². The molecule has 6 nitrogen and oxygen atoms in total. The van der Waals surface area contributed by atoms with Gasteiger partial charge in [0, 0.05) is 13.1 Å². The summed E-state index contributed by atoms with van der Waals surface area (Å²) in [6.07, 6.45) is 3.26. The molecular formula is C21H23FN4O2S. The Labute approximate surface area is 172 Å². The number of amides is 1. The second-order valence-corrected chi connectivity index (χ2v) is 8.24. The Balaban J connectivity index is 1.60. The molecule has 152 valence electrons. The summed E-state index contributed by atoms with van der Waals surface area (Å²) < 4.78 is 15.2. The quantitative estimate of drug-likeness (QED) is 0.694. The first-order chi connectivity index (χ1) is 14.0. The average Bonchev–Trinajstić information content (AvgIpc) is 3.20. The Morgan fingerprint density at radius 3 is 2.66 bits per heavy atom. The van der Waals surface area contributed by atoms with Gasteiger partial charge in [0.1, 0.15) is 17.1 Å². The summed E-state index contributed by atoms with van der Waals surface area (Å²) in [5.41, 5.74) is 1.29. The summed E-state index contributed by atoms with van der Waals surface area (Å²) in [5, 5.41) is 4.75. The molecule has 1 amide bonds. The Morgan fingerprint density at radius 2 is 1.93 bits per heavy atom. The third-order valence-electron chi connectivity index (χ3n) is 5.23. The van der Waals surface area contributed by atoms with Crippen molar-refractivity contribution in [1.29, 1.82) is 0 Å². The number of hydrogen-bond donors (Lipinski definition) is 1. The number of rotatable bonds is 5. The second kappa shape index (κ2) is 8.32. The van der Waals surface area contributed by atoms with E-state index in [9.17, 15) is 14.0 Å². The molecule has 3 heterocycles. The molecule has 0 saturated carbocycles. The number of aromatic nitrogens is 2. The van der Waals surface area contributed by atoms with Gasteiger partial charge in [-0.05, 0) is 55.3 Å². The van der Waals surface area contributed by atoms with E-state index < -0.39 is 0 Å². The zero-order valence-corrected chi connectivity index (χ0v) is 17.0. The Morgan fingerprint density at radius 1 is 1.21 bits per heavy atom. The first-order valence-corrected chi connectivity index (χ1v) is 10.7. The number of carbonyl (C=O) groups is 1. The molecule has 1 aliphatic heterocycles. The molecule has 1 unspecified atom stereocenters. The number of halogens is 1. The normalized spacial score (nSPS) is 15.4. The maximum Gasteiger partial charge on any atom is 0.273 e. The van der Waals surface area contributed by atoms with Crippen LogP contribution in [0.5, 0.6) is 0 Å². The Bertz CT molecular complexity index is 1070. The third kappa shape index (κ3) is 4.17. The van der Waals surface area contributed by atoms with Crippen LogP contribution in [0.4, 0.5) is 10.3 Å². The zero-order chi connectivity index (χ0) is 20.4. The van der Waals surface area contributed by atoms with Crippen molar-refractivity contribution in [1.82, 2.24) is 14.9 Å². The molecule has 0 bridgehead atoms. The fraction of sp³-hybridized carbons (Fsp3) is 0.381. The number of nitrogens with one attached hydrogen (secondary N) is 1. The minimum absolute atomic E-state index is 0.100. The van der Waals surface area contributed by atoms with Crippen LogP contribution >= 0.6 is 11.3 Å². The molecule has 8 heteroatoms. The predicted molar refractivity (Wildman–Crippen MR) is 113 cm³/mol. The van der Waals surface area contributed by atoms with Crippen LogP contribution in [-0.2, 0) is 11.3 Å². The monoisotopic (exact) mass is 414 g/mol. The summed E-state index contributed by atoms with van der Waals surface area (Å²) >= 11 is 1.34. The van der Waals surface area contributed by atoms with E-state index in [-0.39, 0.29) is 29.9 Å². The minimum atomic E-state index is -0.319. The molecule has 1 aliphatic rings. The summed E-state index contributed by atoms with van der Waals surface area (Å²) in [6.45, 7) is 3.39. The lowest BCUT2D eigenvalue weighted by Crippen LogP contribution is -2.39. The lowest BCUT2D eigenvalue weighted by molar-refractivity contribution is -0.122. The zero-order valence-electron chi connectivity index (χ0n) is 16.2. The highest BCUT2D eigenvalue weighted by atomic mass is 32.1. The molecule has 0 aliphatic carbocycles. The van der Waals surface area contributed by atoms with Gasteiger partial charge in [-0.15, -0.1) is 11.3 Å². The summed E-state index contributed by atoms with van der Waals surface area (Å²) in [6, 6.07) is 7.57. The molecule has 4 rings (SSSR count). The molecule has 29 heavy (non-hydrogen) atoms. The molecule has 0 radical (unpaired) electrons. The first-order valence-electron chi connectivity index (χ1n) is 9.81. The maximum absolute atomic E-state index is 13.1. The van der Waals surface area contributed by atoms with Crippen molar-refractivity contribution in [2.24, 2.45) is 0 Å². The van der Waals surface area contributed by atoms with Gasteiger partial charge in [-0.2, -0.15) is 0 Å². The van der Waals surface area contributed by atoms with E-state index in [1.165, 1.54) is 28.0 Å². The van der Waals surface area contributed by atoms with Gasteiger partial charge in [0.15, 0.2) is 0 Å². The predicted octanol–water partition coefficient (Wildman–Crippen LogP) is 3.46. The van der Waals surface area contributed by atoms with E-state index in [4.69, 9.17) is 4.98 Å². The fourth-order valence-electron chi connectivity index (χ4n) is 3.68. The second-order valence-electron chi connectivity index (χ2n) is 7.33. The van der Waals surface area contributed by atoms with E-state index in [1.807, 2.05) is 18.4 Å². The lowest BCUT2D eigenvalue weighted by Gasteiger charge is -2.29. The lowest BCUT2D eigenvalue weighted by atomic mass is 10.1. The minimum Gasteiger partial charge on any atom is -0.348 e. The number of carbonyl (C=O) groups excluding carboxylic acids is 1. The van der Waals surface area contributed by atoms with Gasteiger partial charge < -0.3 is 10.2 Å². The van der Waals surface area contributed by atoms with E-state index >= 15 is 0 Å². The molecule has 3 aromatic rings. The van der Waals surface area contributed by atoms with Gasteiger partial charge in [0.2, 0.25) is 11.9 Å². The number of thiophene rings is 1. The maximum atomic E-state index is 13.1. The number of fused-ring (bicyclic) bond motifs is 1. The van der Waals surface area contributed by atoms with E-state index in [0.29, 0.717) is 16.2 Å². The summed E-state index contributed by atoms with van der Waals surface area (Å²) in [5.74, 6) is -0.0367. The van der Waals surface area contributed by atoms with Crippen molar-refractivity contribution in [3.05, 3.63) is 57.4 Å². The topological polar surface area (TPSA) is 67.2 Å². The molecule has 2 aromatic heterocycles. The largest absolute Gasteiger partial charge is 0.348 e.